The third-order valence-corrected chi connectivity index (χ3v) is 15.1. The lowest BCUT2D eigenvalue weighted by Crippen LogP contribution is -2.31. The van der Waals surface area contributed by atoms with E-state index in [0.717, 1.165) is 72.9 Å². The van der Waals surface area contributed by atoms with Crippen LogP contribution in [0.25, 0.3) is 89.6 Å². The van der Waals surface area contributed by atoms with E-state index in [1.807, 2.05) is 11.8 Å². The Morgan fingerprint density at radius 1 is 0.309 bits per heavy atom. The molecule has 0 saturated heterocycles. The molecule has 1 aliphatic carbocycles. The summed E-state index contributed by atoms with van der Waals surface area (Å²) in [5.74, 6) is 1.74. The van der Waals surface area contributed by atoms with Crippen LogP contribution >= 0.6 is 11.8 Å². The summed E-state index contributed by atoms with van der Waals surface area (Å²) >= 11 is 1.88. The Bertz CT molecular complexity index is 3780. The number of nitrogens with zero attached hydrogens (tertiary/aromatic N) is 4. The van der Waals surface area contributed by atoms with Gasteiger partial charge in [-0.1, -0.05) is 163 Å². The Balaban J connectivity index is 0.986. The summed E-state index contributed by atoms with van der Waals surface area (Å²) in [6.07, 6.45) is 0. The lowest BCUT2D eigenvalue weighted by molar-refractivity contribution is 0.722. The predicted octanol–water partition coefficient (Wildman–Crippen LogP) is 15.9. The van der Waals surface area contributed by atoms with Crippen LogP contribution in [0.15, 0.2) is 252 Å². The summed E-state index contributed by atoms with van der Waals surface area (Å²) in [4.78, 5) is 13.4. The molecule has 0 unspecified atom stereocenters. The van der Waals surface area contributed by atoms with Gasteiger partial charge < -0.3 is 0 Å². The molecule has 0 N–H and O–H groups in total. The van der Waals surface area contributed by atoms with Gasteiger partial charge in [0.1, 0.15) is 11.6 Å². The molecule has 2 aliphatic rings. The summed E-state index contributed by atoms with van der Waals surface area (Å²) in [7, 11) is 0. The number of hydrogen-bond acceptors (Lipinski definition) is 3. The van der Waals surface area contributed by atoms with Crippen LogP contribution in [0.2, 0.25) is 0 Å². The van der Waals surface area contributed by atoms with Crippen LogP contribution in [-0.4, -0.2) is 19.1 Å². The highest BCUT2D eigenvalue weighted by Crippen LogP contribution is 2.62. The van der Waals surface area contributed by atoms with Gasteiger partial charge >= 0.3 is 0 Å². The monoisotopic (exact) mass is 884 g/mol. The van der Waals surface area contributed by atoms with Crippen molar-refractivity contribution in [2.24, 2.45) is 0 Å². The molecule has 1 aliphatic heterocycles. The first kappa shape index (κ1) is 38.7. The minimum absolute atomic E-state index is 0.449. The molecule has 0 atom stereocenters. The summed E-state index contributed by atoms with van der Waals surface area (Å²) in [6.45, 7) is 0. The molecule has 4 nitrogen and oxygen atoms in total. The highest BCUT2D eigenvalue weighted by molar-refractivity contribution is 7.99. The second-order valence-electron chi connectivity index (χ2n) is 17.7. The molecule has 0 saturated carbocycles. The molecule has 3 heterocycles. The molecule has 12 aromatic rings. The molecule has 2 aromatic heterocycles. The number of fused-ring (bicyclic) bond motifs is 11. The molecule has 1 spiro atoms. The lowest BCUT2D eigenvalue weighted by Gasteiger charge is -2.39. The maximum absolute atomic E-state index is 5.38. The van der Waals surface area contributed by atoms with E-state index in [2.05, 4.69) is 252 Å². The van der Waals surface area contributed by atoms with E-state index in [1.54, 1.807) is 0 Å². The van der Waals surface area contributed by atoms with Crippen molar-refractivity contribution >= 4 is 33.8 Å². The topological polar surface area (TPSA) is 35.6 Å². The molecule has 0 amide bonds. The fraction of sp³-hybridized carbons (Fsp3) is 0.0159. The molecule has 0 fully saturated rings. The van der Waals surface area contributed by atoms with Crippen LogP contribution in [0.3, 0.4) is 0 Å². The SMILES string of the molecule is c1ccc(-n2c(-c3cc(-c4cccc(-c5ccc6c(c5)C5(c7ccccc7Sc7ccccc75)c5ccccc5-6)c4)cc(-c4nc5ccccc5n4-c4ccccc4)c3)nc3ccccc32)cc1. The van der Waals surface area contributed by atoms with Crippen LogP contribution in [0.4, 0.5) is 0 Å². The van der Waals surface area contributed by atoms with E-state index in [9.17, 15) is 0 Å². The second-order valence-corrected chi connectivity index (χ2v) is 18.8. The fourth-order valence-corrected chi connectivity index (χ4v) is 12.3. The normalized spacial score (nSPS) is 13.1. The van der Waals surface area contributed by atoms with E-state index in [1.165, 1.54) is 48.7 Å². The smallest absolute Gasteiger partial charge is 0.145 e. The first-order valence-electron chi connectivity index (χ1n) is 23.1. The van der Waals surface area contributed by atoms with Crippen LogP contribution < -0.4 is 0 Å². The third-order valence-electron chi connectivity index (χ3n) is 14.0. The zero-order valence-corrected chi connectivity index (χ0v) is 37.6. The summed E-state index contributed by atoms with van der Waals surface area (Å²) in [5.41, 5.74) is 20.1. The van der Waals surface area contributed by atoms with Gasteiger partial charge in [-0.25, -0.2) is 9.97 Å². The standard InChI is InChI=1S/C63H40N4S/c1-3-20-47(21-4-1)66-57-30-13-11-28-55(57)64-61(66)45-37-44(38-46(39-45)62-65-56-29-12-14-31-58(56)67(62)48-22-5-2-6-23-48)42-19-17-18-41(36-42)43-34-35-50-49-24-7-8-25-51(49)63(54(50)40-43)52-26-9-15-32-59(52)68-60-33-16-10-27-53(60)63/h1-40H. The van der Waals surface area contributed by atoms with Gasteiger partial charge in [-0.2, -0.15) is 0 Å². The number of hydrogen-bond donors (Lipinski definition) is 0. The number of aromatic nitrogens is 4. The van der Waals surface area contributed by atoms with Gasteiger partial charge in [0.2, 0.25) is 0 Å². The Morgan fingerprint density at radius 3 is 1.35 bits per heavy atom. The van der Waals surface area contributed by atoms with Crippen LogP contribution in [0.1, 0.15) is 22.3 Å². The lowest BCUT2D eigenvalue weighted by atomic mass is 9.67. The molecule has 0 radical (unpaired) electrons. The van der Waals surface area contributed by atoms with E-state index in [-0.39, 0.29) is 0 Å². The number of para-hydroxylation sites is 6. The fourth-order valence-electron chi connectivity index (χ4n) is 11.1. The summed E-state index contributed by atoms with van der Waals surface area (Å²) < 4.78 is 4.57. The van der Waals surface area contributed by atoms with Crippen LogP contribution in [-0.2, 0) is 5.41 Å². The third kappa shape index (κ3) is 5.82. The van der Waals surface area contributed by atoms with Crippen LogP contribution in [0, 0.1) is 0 Å². The molecule has 0 bridgehead atoms. The van der Waals surface area contributed by atoms with Gasteiger partial charge in [0.15, 0.2) is 0 Å². The van der Waals surface area contributed by atoms with Crippen molar-refractivity contribution in [3.8, 4) is 67.5 Å². The van der Waals surface area contributed by atoms with Gasteiger partial charge in [0.05, 0.1) is 27.5 Å². The van der Waals surface area contributed by atoms with Crippen molar-refractivity contribution in [3.63, 3.8) is 0 Å². The van der Waals surface area contributed by atoms with Crippen molar-refractivity contribution in [1.82, 2.24) is 19.1 Å². The molecule has 5 heteroatoms. The largest absolute Gasteiger partial charge is 0.292 e. The highest BCUT2D eigenvalue weighted by Gasteiger charge is 2.50. The number of benzene rings is 10. The Morgan fingerprint density at radius 2 is 0.750 bits per heavy atom. The predicted molar refractivity (Wildman–Crippen MR) is 279 cm³/mol. The van der Waals surface area contributed by atoms with Crippen molar-refractivity contribution in [1.29, 1.82) is 0 Å². The van der Waals surface area contributed by atoms with Crippen molar-refractivity contribution in [2.75, 3.05) is 0 Å². The maximum atomic E-state index is 5.38. The van der Waals surface area contributed by atoms with Crippen LogP contribution in [0.5, 0.6) is 0 Å². The van der Waals surface area contributed by atoms with E-state index in [4.69, 9.17) is 9.97 Å². The molecule has 10 aromatic carbocycles. The van der Waals surface area contributed by atoms with Gasteiger partial charge in [-0.15, -0.1) is 0 Å². The van der Waals surface area contributed by atoms with Gasteiger partial charge in [-0.05, 0) is 147 Å². The number of rotatable bonds is 6. The van der Waals surface area contributed by atoms with Gasteiger partial charge in [-0.3, -0.25) is 9.13 Å². The molecule has 318 valence electrons. The van der Waals surface area contributed by atoms with E-state index >= 15 is 0 Å². The summed E-state index contributed by atoms with van der Waals surface area (Å²) in [6, 6.07) is 88.1. The average molecular weight is 885 g/mol. The quantitative estimate of drug-likeness (QED) is 0.167. The highest BCUT2D eigenvalue weighted by atomic mass is 32.2. The molecular formula is C63H40N4S. The molecule has 14 rings (SSSR count). The van der Waals surface area contributed by atoms with Crippen molar-refractivity contribution in [3.05, 3.63) is 265 Å². The van der Waals surface area contributed by atoms with Crippen molar-refractivity contribution in [2.45, 2.75) is 15.2 Å². The minimum Gasteiger partial charge on any atom is -0.292 e. The Labute approximate surface area is 398 Å². The first-order valence-corrected chi connectivity index (χ1v) is 24.0. The molecular weight excluding hydrogens is 845 g/mol. The number of imidazole rings is 2. The molecule has 68 heavy (non-hydrogen) atoms. The second kappa shape index (κ2) is 15.3. The summed E-state index contributed by atoms with van der Waals surface area (Å²) in [5, 5.41) is 0. The average Bonchev–Trinajstić information content (AvgIpc) is 4.09. The van der Waals surface area contributed by atoms with Crippen molar-refractivity contribution < 1.29 is 0 Å². The maximum Gasteiger partial charge on any atom is 0.145 e. The minimum atomic E-state index is -0.449. The van der Waals surface area contributed by atoms with E-state index < -0.39 is 5.41 Å². The van der Waals surface area contributed by atoms with Gasteiger partial charge in [0.25, 0.3) is 0 Å². The Kier molecular flexibility index (Phi) is 8.70. The zero-order valence-electron chi connectivity index (χ0n) is 36.8. The van der Waals surface area contributed by atoms with E-state index in [0.29, 0.717) is 0 Å². The van der Waals surface area contributed by atoms with Gasteiger partial charge in [0, 0.05) is 32.3 Å². The first-order chi connectivity index (χ1) is 33.7. The Hall–Kier alpha value is -8.51. The zero-order chi connectivity index (χ0) is 44.8.